The van der Waals surface area contributed by atoms with E-state index in [9.17, 15) is 0 Å². The highest BCUT2D eigenvalue weighted by Gasteiger charge is 1.95. The molecule has 3 heteroatoms. The van der Waals surface area contributed by atoms with Crippen LogP contribution in [0.5, 0.6) is 0 Å². The molecule has 0 bridgehead atoms. The molecular formula is C9H8BrClS. The normalized spacial score (nSPS) is 9.83. The maximum Gasteiger partial charge on any atom is 0.0334 e. The smallest absolute Gasteiger partial charge is 0.0334 e. The van der Waals surface area contributed by atoms with E-state index in [4.69, 9.17) is 11.6 Å². The summed E-state index contributed by atoms with van der Waals surface area (Å²) in [6, 6.07) is 8.11. The molecule has 1 aromatic rings. The van der Waals surface area contributed by atoms with Gasteiger partial charge in [0.1, 0.15) is 0 Å². The van der Waals surface area contributed by atoms with Crippen LogP contribution in [0.25, 0.3) is 0 Å². The number of hydrogen-bond acceptors (Lipinski definition) is 1. The fraction of sp³-hybridized carbons (Fsp3) is 0.111. The maximum absolute atomic E-state index is 5.64. The van der Waals surface area contributed by atoms with Crippen LogP contribution in [-0.2, 0) is 0 Å². The molecule has 0 fully saturated rings. The number of halogens is 2. The first kappa shape index (κ1) is 10.2. The zero-order valence-corrected chi connectivity index (χ0v) is 9.55. The van der Waals surface area contributed by atoms with E-state index in [1.807, 2.05) is 12.1 Å². The lowest BCUT2D eigenvalue weighted by Crippen LogP contribution is -1.76. The molecule has 0 radical (unpaired) electrons. The van der Waals surface area contributed by atoms with Crippen LogP contribution in [0, 0.1) is 0 Å². The van der Waals surface area contributed by atoms with E-state index in [1.165, 1.54) is 4.90 Å². The fourth-order valence-electron chi connectivity index (χ4n) is 0.718. The van der Waals surface area contributed by atoms with Gasteiger partial charge in [0.05, 0.1) is 0 Å². The van der Waals surface area contributed by atoms with Crippen LogP contribution in [0.2, 0.25) is 0 Å². The highest BCUT2D eigenvalue weighted by atomic mass is 79.9. The molecule has 1 rings (SSSR count). The van der Waals surface area contributed by atoms with Gasteiger partial charge in [0.15, 0.2) is 0 Å². The summed E-state index contributed by atoms with van der Waals surface area (Å²) >= 11 is 10.7. The van der Waals surface area contributed by atoms with Crippen molar-refractivity contribution in [3.63, 3.8) is 0 Å². The summed E-state index contributed by atoms with van der Waals surface area (Å²) in [5, 5.41) is 0.681. The Hall–Kier alpha value is 0.0800. The Balaban J connectivity index is 2.57. The van der Waals surface area contributed by atoms with Crippen molar-refractivity contribution < 1.29 is 0 Å². The first-order chi connectivity index (χ1) is 5.68. The molecule has 0 N–H and O–H groups in total. The molecule has 0 saturated carbocycles. The van der Waals surface area contributed by atoms with Crippen LogP contribution >= 0.6 is 39.3 Å². The molecule has 0 aliphatic carbocycles. The summed E-state index contributed by atoms with van der Waals surface area (Å²) in [5.41, 5.74) is 0. The number of rotatable bonds is 3. The molecule has 0 nitrogen and oxygen atoms in total. The second-order valence-electron chi connectivity index (χ2n) is 2.26. The van der Waals surface area contributed by atoms with Gasteiger partial charge in [0, 0.05) is 20.2 Å². The van der Waals surface area contributed by atoms with E-state index in [0.717, 1.165) is 10.2 Å². The quantitative estimate of drug-likeness (QED) is 0.733. The van der Waals surface area contributed by atoms with Gasteiger partial charge in [-0.1, -0.05) is 40.2 Å². The average Bonchev–Trinajstić information content (AvgIpc) is 2.01. The minimum absolute atomic E-state index is 0.681. The van der Waals surface area contributed by atoms with E-state index < -0.39 is 0 Å². The third kappa shape index (κ3) is 3.65. The largest absolute Gasteiger partial charge is 0.120 e. The standard InChI is InChI=1S/C9H8BrClS/c1-7(11)6-12-9-4-2-3-8(10)5-9/h2-5H,1,6H2. The van der Waals surface area contributed by atoms with E-state index in [0.29, 0.717) is 5.03 Å². The topological polar surface area (TPSA) is 0 Å². The maximum atomic E-state index is 5.64. The Bertz CT molecular complexity index is 286. The Kier molecular flexibility index (Phi) is 4.19. The van der Waals surface area contributed by atoms with Crippen molar-refractivity contribution in [2.75, 3.05) is 5.75 Å². The highest BCUT2D eigenvalue weighted by molar-refractivity contribution is 9.10. The lowest BCUT2D eigenvalue weighted by atomic mass is 10.4. The van der Waals surface area contributed by atoms with Crippen molar-refractivity contribution in [2.45, 2.75) is 4.90 Å². The van der Waals surface area contributed by atoms with Gasteiger partial charge in [0.25, 0.3) is 0 Å². The Morgan fingerprint density at radius 3 is 2.92 bits per heavy atom. The van der Waals surface area contributed by atoms with Crippen LogP contribution in [0.4, 0.5) is 0 Å². The predicted molar refractivity (Wildman–Crippen MR) is 59.9 cm³/mol. The first-order valence-corrected chi connectivity index (χ1v) is 5.56. The molecule has 0 unspecified atom stereocenters. The molecule has 64 valence electrons. The molecule has 0 heterocycles. The van der Waals surface area contributed by atoms with Gasteiger partial charge in [-0.15, -0.1) is 11.8 Å². The van der Waals surface area contributed by atoms with Crippen molar-refractivity contribution >= 4 is 39.3 Å². The number of thioether (sulfide) groups is 1. The fourth-order valence-corrected chi connectivity index (χ4v) is 2.14. The summed E-state index contributed by atoms with van der Waals surface area (Å²) in [6.45, 7) is 3.63. The van der Waals surface area contributed by atoms with Crippen molar-refractivity contribution in [2.24, 2.45) is 0 Å². The average molecular weight is 264 g/mol. The molecule has 0 aromatic heterocycles. The summed E-state index contributed by atoms with van der Waals surface area (Å²) in [5.74, 6) is 0.762. The summed E-state index contributed by atoms with van der Waals surface area (Å²) in [4.78, 5) is 1.20. The molecule has 1 aromatic carbocycles. The molecule has 0 aliphatic heterocycles. The van der Waals surface area contributed by atoms with E-state index >= 15 is 0 Å². The molecule has 0 saturated heterocycles. The van der Waals surface area contributed by atoms with Crippen LogP contribution in [0.3, 0.4) is 0 Å². The second-order valence-corrected chi connectivity index (χ2v) is 4.76. The Labute approximate surface area is 90.1 Å². The third-order valence-electron chi connectivity index (χ3n) is 1.19. The lowest BCUT2D eigenvalue weighted by Gasteiger charge is -1.99. The zero-order chi connectivity index (χ0) is 8.97. The van der Waals surface area contributed by atoms with Crippen LogP contribution in [0.15, 0.2) is 45.2 Å². The monoisotopic (exact) mass is 262 g/mol. The van der Waals surface area contributed by atoms with Crippen LogP contribution in [-0.4, -0.2) is 5.75 Å². The Morgan fingerprint density at radius 2 is 2.33 bits per heavy atom. The van der Waals surface area contributed by atoms with Gasteiger partial charge >= 0.3 is 0 Å². The minimum atomic E-state index is 0.681. The predicted octanol–water partition coefficient (Wildman–Crippen LogP) is 4.29. The molecule has 0 aliphatic rings. The summed E-state index contributed by atoms with van der Waals surface area (Å²) in [7, 11) is 0. The molecule has 12 heavy (non-hydrogen) atoms. The van der Waals surface area contributed by atoms with Gasteiger partial charge in [0.2, 0.25) is 0 Å². The van der Waals surface area contributed by atoms with Crippen molar-refractivity contribution in [3.8, 4) is 0 Å². The van der Waals surface area contributed by atoms with E-state index in [-0.39, 0.29) is 0 Å². The van der Waals surface area contributed by atoms with Crippen LogP contribution in [0.1, 0.15) is 0 Å². The first-order valence-electron chi connectivity index (χ1n) is 3.40. The summed E-state index contributed by atoms with van der Waals surface area (Å²) < 4.78 is 1.09. The SMILES string of the molecule is C=C(Cl)CSc1cccc(Br)c1. The third-order valence-corrected chi connectivity index (χ3v) is 3.06. The van der Waals surface area contributed by atoms with Gasteiger partial charge in [-0.3, -0.25) is 0 Å². The lowest BCUT2D eigenvalue weighted by molar-refractivity contribution is 1.43. The van der Waals surface area contributed by atoms with E-state index in [2.05, 4.69) is 34.6 Å². The van der Waals surface area contributed by atoms with Gasteiger partial charge < -0.3 is 0 Å². The van der Waals surface area contributed by atoms with Gasteiger partial charge in [-0.25, -0.2) is 0 Å². The number of hydrogen-bond donors (Lipinski definition) is 0. The minimum Gasteiger partial charge on any atom is -0.120 e. The van der Waals surface area contributed by atoms with Crippen molar-refractivity contribution in [1.82, 2.24) is 0 Å². The number of benzene rings is 1. The Morgan fingerprint density at radius 1 is 1.58 bits per heavy atom. The second kappa shape index (κ2) is 4.95. The van der Waals surface area contributed by atoms with Crippen molar-refractivity contribution in [1.29, 1.82) is 0 Å². The summed E-state index contributed by atoms with van der Waals surface area (Å²) in [6.07, 6.45) is 0. The van der Waals surface area contributed by atoms with Crippen LogP contribution < -0.4 is 0 Å². The molecular weight excluding hydrogens is 256 g/mol. The zero-order valence-electron chi connectivity index (χ0n) is 6.39. The highest BCUT2D eigenvalue weighted by Crippen LogP contribution is 2.23. The molecule has 0 amide bonds. The van der Waals surface area contributed by atoms with E-state index in [1.54, 1.807) is 11.8 Å². The molecule has 0 spiro atoms. The van der Waals surface area contributed by atoms with Crippen molar-refractivity contribution in [3.05, 3.63) is 40.3 Å². The molecule has 0 atom stereocenters. The van der Waals surface area contributed by atoms with Gasteiger partial charge in [-0.05, 0) is 18.2 Å². The van der Waals surface area contributed by atoms with Gasteiger partial charge in [-0.2, -0.15) is 0 Å².